The highest BCUT2D eigenvalue weighted by atomic mass is 16.2. The maximum Gasteiger partial charge on any atom is 0.251 e. The molecule has 2 amide bonds. The third-order valence-corrected chi connectivity index (χ3v) is 4.55. The topological polar surface area (TPSA) is 108 Å². The molecular weight excluding hydrogens is 416 g/mol. The summed E-state index contributed by atoms with van der Waals surface area (Å²) in [5.74, 6) is 0.427. The van der Waals surface area contributed by atoms with Gasteiger partial charge in [-0.05, 0) is 48.5 Å². The van der Waals surface area contributed by atoms with Crippen molar-refractivity contribution in [3.63, 3.8) is 0 Å². The normalized spacial score (nSPS) is 10.2. The number of hydrogen-bond donors (Lipinski definition) is 4. The second kappa shape index (κ2) is 10.5. The third kappa shape index (κ3) is 6.38. The number of nitrogens with one attached hydrogen (secondary N) is 4. The number of carbonyl (C=O) groups is 2. The van der Waals surface area contributed by atoms with Gasteiger partial charge in [0, 0.05) is 28.8 Å². The van der Waals surface area contributed by atoms with E-state index in [9.17, 15) is 9.59 Å². The largest absolute Gasteiger partial charge is 0.343 e. The molecule has 0 bridgehead atoms. The lowest BCUT2D eigenvalue weighted by molar-refractivity contribution is -0.115. The Morgan fingerprint density at radius 3 is 2.21 bits per heavy atom. The van der Waals surface area contributed by atoms with Crippen LogP contribution in [0.3, 0.4) is 0 Å². The van der Waals surface area contributed by atoms with Crippen LogP contribution >= 0.6 is 0 Å². The minimum absolute atomic E-state index is 0.137. The van der Waals surface area contributed by atoms with Crippen LogP contribution < -0.4 is 21.3 Å². The molecule has 0 saturated carbocycles. The van der Waals surface area contributed by atoms with E-state index in [1.54, 1.807) is 54.7 Å². The molecule has 4 aromatic rings. The average Bonchev–Trinajstić information content (AvgIpc) is 2.84. The van der Waals surface area contributed by atoms with E-state index >= 15 is 0 Å². The Hall–Kier alpha value is -4.72. The highest BCUT2D eigenvalue weighted by molar-refractivity contribution is 5.99. The van der Waals surface area contributed by atoms with E-state index in [0.717, 1.165) is 5.69 Å². The van der Waals surface area contributed by atoms with E-state index in [0.29, 0.717) is 28.7 Å². The lowest BCUT2D eigenvalue weighted by Gasteiger charge is -2.10. The van der Waals surface area contributed by atoms with E-state index in [2.05, 4.69) is 31.2 Å². The second-order valence-corrected chi connectivity index (χ2v) is 7.06. The van der Waals surface area contributed by atoms with Crippen molar-refractivity contribution in [3.8, 4) is 0 Å². The molecule has 0 atom stereocenters. The number of nitrogens with zero attached hydrogens (tertiary/aromatic N) is 2. The zero-order chi connectivity index (χ0) is 22.9. The van der Waals surface area contributed by atoms with E-state index < -0.39 is 0 Å². The number of benzene rings is 3. The lowest BCUT2D eigenvalue weighted by atomic mass is 10.2. The van der Waals surface area contributed by atoms with Crippen molar-refractivity contribution in [3.05, 3.63) is 103 Å². The maximum atomic E-state index is 12.3. The highest BCUT2D eigenvalue weighted by Gasteiger charge is 2.08. The molecule has 4 N–H and O–H groups in total. The van der Waals surface area contributed by atoms with Gasteiger partial charge in [-0.3, -0.25) is 9.59 Å². The molecule has 33 heavy (non-hydrogen) atoms. The van der Waals surface area contributed by atoms with Gasteiger partial charge in [-0.1, -0.05) is 42.5 Å². The van der Waals surface area contributed by atoms with Gasteiger partial charge >= 0.3 is 0 Å². The van der Waals surface area contributed by atoms with Crippen LogP contribution in [-0.2, 0) is 4.79 Å². The minimum Gasteiger partial charge on any atom is -0.343 e. The molecule has 0 fully saturated rings. The fraction of sp³-hybridized carbons (Fsp3) is 0.0400. The summed E-state index contributed by atoms with van der Waals surface area (Å²) in [6, 6.07) is 27.4. The zero-order valence-electron chi connectivity index (χ0n) is 17.7. The molecule has 3 aromatic carbocycles. The van der Waals surface area contributed by atoms with Crippen LogP contribution in [0.2, 0.25) is 0 Å². The summed E-state index contributed by atoms with van der Waals surface area (Å²) in [5, 5.41) is 11.7. The van der Waals surface area contributed by atoms with Crippen molar-refractivity contribution >= 4 is 40.6 Å². The summed E-state index contributed by atoms with van der Waals surface area (Å²) < 4.78 is 0. The fourth-order valence-electron chi connectivity index (χ4n) is 3.02. The Morgan fingerprint density at radius 1 is 0.727 bits per heavy atom. The molecule has 1 heterocycles. The van der Waals surface area contributed by atoms with Gasteiger partial charge in [-0.15, -0.1) is 0 Å². The number of para-hydroxylation sites is 1. The van der Waals surface area contributed by atoms with Crippen LogP contribution in [0.1, 0.15) is 10.4 Å². The quantitative estimate of drug-likeness (QED) is 0.326. The molecule has 0 aliphatic heterocycles. The average molecular weight is 438 g/mol. The molecule has 8 heteroatoms. The molecule has 4 rings (SSSR count). The maximum absolute atomic E-state index is 12.3. The Balaban J connectivity index is 1.34. The van der Waals surface area contributed by atoms with E-state index in [1.165, 1.54) is 0 Å². The van der Waals surface area contributed by atoms with Crippen molar-refractivity contribution in [2.75, 3.05) is 22.5 Å². The van der Waals surface area contributed by atoms with Crippen LogP contribution in [-0.4, -0.2) is 28.3 Å². The predicted octanol–water partition coefficient (Wildman–Crippen LogP) is 4.33. The minimum atomic E-state index is -0.332. The van der Waals surface area contributed by atoms with Crippen molar-refractivity contribution in [2.24, 2.45) is 0 Å². The molecular formula is C25H22N6O2. The first-order valence-electron chi connectivity index (χ1n) is 10.3. The number of amides is 2. The van der Waals surface area contributed by atoms with Gasteiger partial charge in [-0.2, -0.15) is 4.98 Å². The van der Waals surface area contributed by atoms with Crippen molar-refractivity contribution in [1.29, 1.82) is 0 Å². The Kier molecular flexibility index (Phi) is 6.87. The molecule has 0 unspecified atom stereocenters. The van der Waals surface area contributed by atoms with Gasteiger partial charge in [0.05, 0.1) is 6.54 Å². The van der Waals surface area contributed by atoms with Gasteiger partial charge < -0.3 is 21.3 Å². The molecule has 164 valence electrons. The van der Waals surface area contributed by atoms with Crippen molar-refractivity contribution in [1.82, 2.24) is 15.3 Å². The molecule has 0 saturated heterocycles. The van der Waals surface area contributed by atoms with E-state index in [1.807, 2.05) is 42.5 Å². The van der Waals surface area contributed by atoms with Gasteiger partial charge in [0.25, 0.3) is 5.91 Å². The van der Waals surface area contributed by atoms with Crippen LogP contribution in [0.5, 0.6) is 0 Å². The zero-order valence-corrected chi connectivity index (χ0v) is 17.7. The number of hydrogen-bond acceptors (Lipinski definition) is 6. The fourth-order valence-corrected chi connectivity index (χ4v) is 3.02. The number of anilines is 5. The standard InChI is InChI=1S/C25H22N6O2/c32-23(17-27-24(33)18-8-3-1-4-9-18)29-20-12-7-13-21(16-20)30-25-26-15-14-22(31-25)28-19-10-5-2-6-11-19/h1-16H,17H2,(H,27,33)(H,29,32)(H2,26,28,30,31). The summed E-state index contributed by atoms with van der Waals surface area (Å²) in [7, 11) is 0. The smallest absolute Gasteiger partial charge is 0.251 e. The summed E-state index contributed by atoms with van der Waals surface area (Å²) in [6.45, 7) is -0.137. The Morgan fingerprint density at radius 2 is 1.42 bits per heavy atom. The summed E-state index contributed by atoms with van der Waals surface area (Å²) in [5.41, 5.74) is 2.71. The highest BCUT2D eigenvalue weighted by Crippen LogP contribution is 2.20. The van der Waals surface area contributed by atoms with Crippen LogP contribution in [0.4, 0.5) is 28.8 Å². The Labute approximate surface area is 191 Å². The first kappa shape index (κ1) is 21.5. The molecule has 0 aliphatic carbocycles. The molecule has 8 nitrogen and oxygen atoms in total. The number of aromatic nitrogens is 2. The molecule has 0 radical (unpaired) electrons. The molecule has 1 aromatic heterocycles. The molecule has 0 aliphatic rings. The number of carbonyl (C=O) groups excluding carboxylic acids is 2. The van der Waals surface area contributed by atoms with Crippen LogP contribution in [0, 0.1) is 0 Å². The SMILES string of the molecule is O=C(CNC(=O)c1ccccc1)Nc1cccc(Nc2nccc(Nc3ccccc3)n2)c1. The third-order valence-electron chi connectivity index (χ3n) is 4.55. The van der Waals surface area contributed by atoms with Gasteiger partial charge in [-0.25, -0.2) is 4.98 Å². The van der Waals surface area contributed by atoms with Gasteiger partial charge in [0.2, 0.25) is 11.9 Å². The van der Waals surface area contributed by atoms with E-state index in [4.69, 9.17) is 0 Å². The molecule has 0 spiro atoms. The summed E-state index contributed by atoms with van der Waals surface area (Å²) in [4.78, 5) is 33.0. The summed E-state index contributed by atoms with van der Waals surface area (Å²) in [6.07, 6.45) is 1.65. The van der Waals surface area contributed by atoms with Crippen molar-refractivity contribution < 1.29 is 9.59 Å². The van der Waals surface area contributed by atoms with Crippen molar-refractivity contribution in [2.45, 2.75) is 0 Å². The van der Waals surface area contributed by atoms with Gasteiger partial charge in [0.1, 0.15) is 5.82 Å². The second-order valence-electron chi connectivity index (χ2n) is 7.06. The summed E-state index contributed by atoms with van der Waals surface area (Å²) >= 11 is 0. The predicted molar refractivity (Wildman–Crippen MR) is 129 cm³/mol. The first-order valence-corrected chi connectivity index (χ1v) is 10.3. The van der Waals surface area contributed by atoms with E-state index in [-0.39, 0.29) is 18.4 Å². The van der Waals surface area contributed by atoms with Gasteiger partial charge in [0.15, 0.2) is 0 Å². The number of rotatable bonds is 8. The Bertz CT molecular complexity index is 1230. The van der Waals surface area contributed by atoms with Crippen LogP contribution in [0.15, 0.2) is 97.2 Å². The monoisotopic (exact) mass is 438 g/mol. The van der Waals surface area contributed by atoms with Crippen LogP contribution in [0.25, 0.3) is 0 Å². The lowest BCUT2D eigenvalue weighted by Crippen LogP contribution is -2.32. The first-order chi connectivity index (χ1) is 16.2.